The first kappa shape index (κ1) is 21.3. The van der Waals surface area contributed by atoms with Crippen LogP contribution in [0.1, 0.15) is 32.6 Å². The highest BCUT2D eigenvalue weighted by molar-refractivity contribution is 5.92. The maximum absolute atomic E-state index is 12.0. The van der Waals surface area contributed by atoms with E-state index in [0.717, 1.165) is 0 Å². The number of primary amides is 1. The Morgan fingerprint density at radius 1 is 0.958 bits per heavy atom. The van der Waals surface area contributed by atoms with Crippen LogP contribution in [0.5, 0.6) is 0 Å². The van der Waals surface area contributed by atoms with Gasteiger partial charge in [0.05, 0.1) is 6.04 Å². The zero-order valence-electron chi connectivity index (χ0n) is 13.2. The van der Waals surface area contributed by atoms with Crippen molar-refractivity contribution in [1.29, 1.82) is 0 Å². The number of hydrogen-bond donors (Lipinski definition) is 6. The van der Waals surface area contributed by atoms with Gasteiger partial charge in [-0.1, -0.05) is 0 Å². The van der Waals surface area contributed by atoms with Gasteiger partial charge in [0.1, 0.15) is 12.1 Å². The van der Waals surface area contributed by atoms with Crippen molar-refractivity contribution in [3.05, 3.63) is 0 Å². The van der Waals surface area contributed by atoms with E-state index in [1.165, 1.54) is 6.92 Å². The van der Waals surface area contributed by atoms with Crippen molar-refractivity contribution in [2.75, 3.05) is 0 Å². The minimum Gasteiger partial charge on any atom is -0.481 e. The Hall–Kier alpha value is -2.69. The van der Waals surface area contributed by atoms with Gasteiger partial charge in [-0.15, -0.1) is 0 Å². The number of carboxylic acids is 2. The molecule has 0 radical (unpaired) electrons. The number of nitrogens with one attached hydrogen (secondary N) is 2. The minimum atomic E-state index is -1.29. The maximum Gasteiger partial charge on any atom is 0.325 e. The van der Waals surface area contributed by atoms with E-state index in [0.29, 0.717) is 0 Å². The first-order valence-corrected chi connectivity index (χ1v) is 7.13. The Morgan fingerprint density at radius 3 is 2.00 bits per heavy atom. The standard InChI is InChI=1S/C13H22N4O7/c1-6(13(23)24)16-12(22)8(3-5-10(19)20)17-11(21)7(14)2-4-9(15)18/h6-8H,2-5,14H2,1H3,(H2,15,18)(H,16,22)(H,17,21)(H,19,20)(H,23,24). The SMILES string of the molecule is CC(NC(=O)C(CCC(=O)O)NC(=O)C(N)CCC(N)=O)C(=O)O. The van der Waals surface area contributed by atoms with E-state index in [-0.39, 0.29) is 19.3 Å². The Morgan fingerprint density at radius 2 is 1.54 bits per heavy atom. The lowest BCUT2D eigenvalue weighted by atomic mass is 10.1. The molecule has 0 aliphatic carbocycles. The molecule has 0 aromatic carbocycles. The molecule has 0 saturated carbocycles. The molecule has 11 heteroatoms. The van der Waals surface area contributed by atoms with Crippen LogP contribution in [-0.2, 0) is 24.0 Å². The summed E-state index contributed by atoms with van der Waals surface area (Å²) in [7, 11) is 0. The Balaban J connectivity index is 4.83. The van der Waals surface area contributed by atoms with E-state index < -0.39 is 54.2 Å². The quantitative estimate of drug-likeness (QED) is 0.236. The number of nitrogens with two attached hydrogens (primary N) is 2. The summed E-state index contributed by atoms with van der Waals surface area (Å²) in [6.07, 6.45) is -0.839. The number of carbonyl (C=O) groups excluding carboxylic acids is 3. The van der Waals surface area contributed by atoms with Crippen molar-refractivity contribution in [3.63, 3.8) is 0 Å². The van der Waals surface area contributed by atoms with E-state index in [4.69, 9.17) is 21.7 Å². The van der Waals surface area contributed by atoms with Crippen LogP contribution in [0.3, 0.4) is 0 Å². The van der Waals surface area contributed by atoms with E-state index in [1.54, 1.807) is 0 Å². The monoisotopic (exact) mass is 346 g/mol. The summed E-state index contributed by atoms with van der Waals surface area (Å²) in [4.78, 5) is 56.0. The molecule has 11 nitrogen and oxygen atoms in total. The second-order valence-electron chi connectivity index (χ2n) is 5.17. The van der Waals surface area contributed by atoms with Crippen molar-refractivity contribution in [2.24, 2.45) is 11.5 Å². The lowest BCUT2D eigenvalue weighted by Crippen LogP contribution is -2.54. The van der Waals surface area contributed by atoms with Crippen LogP contribution in [0, 0.1) is 0 Å². The van der Waals surface area contributed by atoms with Crippen molar-refractivity contribution >= 4 is 29.7 Å². The molecule has 0 aliphatic heterocycles. The molecule has 136 valence electrons. The molecule has 24 heavy (non-hydrogen) atoms. The molecule has 0 aromatic heterocycles. The van der Waals surface area contributed by atoms with E-state index in [9.17, 15) is 24.0 Å². The Labute approximate surface area is 137 Å². The molecular weight excluding hydrogens is 324 g/mol. The fourth-order valence-corrected chi connectivity index (χ4v) is 1.62. The fraction of sp³-hybridized carbons (Fsp3) is 0.615. The zero-order chi connectivity index (χ0) is 18.9. The molecule has 3 amide bonds. The molecule has 0 saturated heterocycles. The lowest BCUT2D eigenvalue weighted by Gasteiger charge is -2.21. The smallest absolute Gasteiger partial charge is 0.325 e. The average molecular weight is 346 g/mol. The minimum absolute atomic E-state index is 0.0417. The summed E-state index contributed by atoms with van der Waals surface area (Å²) in [6, 6.07) is -3.60. The molecule has 0 heterocycles. The van der Waals surface area contributed by atoms with Gasteiger partial charge in [0.25, 0.3) is 0 Å². The van der Waals surface area contributed by atoms with E-state index in [2.05, 4.69) is 10.6 Å². The first-order valence-electron chi connectivity index (χ1n) is 7.13. The molecule has 3 unspecified atom stereocenters. The third-order valence-corrected chi connectivity index (χ3v) is 3.05. The molecule has 3 atom stereocenters. The van der Waals surface area contributed by atoms with Gasteiger partial charge in [-0.05, 0) is 19.8 Å². The largest absolute Gasteiger partial charge is 0.481 e. The fourth-order valence-electron chi connectivity index (χ4n) is 1.62. The van der Waals surface area contributed by atoms with E-state index in [1.807, 2.05) is 0 Å². The van der Waals surface area contributed by atoms with Crippen LogP contribution in [0.4, 0.5) is 0 Å². The van der Waals surface area contributed by atoms with Gasteiger partial charge < -0.3 is 32.3 Å². The van der Waals surface area contributed by atoms with Crippen LogP contribution in [-0.4, -0.2) is 58.0 Å². The predicted molar refractivity (Wildman–Crippen MR) is 80.4 cm³/mol. The summed E-state index contributed by atoms with van der Waals surface area (Å²) in [5, 5.41) is 21.8. The molecule has 0 spiro atoms. The molecule has 8 N–H and O–H groups in total. The predicted octanol–water partition coefficient (Wildman–Crippen LogP) is -2.48. The topological polar surface area (TPSA) is 202 Å². The zero-order valence-corrected chi connectivity index (χ0v) is 13.2. The summed E-state index contributed by atoms with van der Waals surface area (Å²) in [6.45, 7) is 1.22. The molecule has 0 fully saturated rings. The molecule has 0 rings (SSSR count). The van der Waals surface area contributed by atoms with Crippen LogP contribution in [0.15, 0.2) is 0 Å². The number of rotatable bonds is 11. The summed E-state index contributed by atoms with van der Waals surface area (Å²) in [5.41, 5.74) is 10.5. The second kappa shape index (κ2) is 10.2. The highest BCUT2D eigenvalue weighted by atomic mass is 16.4. The van der Waals surface area contributed by atoms with Crippen LogP contribution in [0.25, 0.3) is 0 Å². The second-order valence-corrected chi connectivity index (χ2v) is 5.17. The number of amides is 3. The van der Waals surface area contributed by atoms with Gasteiger partial charge in [-0.2, -0.15) is 0 Å². The molecule has 0 aromatic rings. The normalized spacial score (nSPS) is 14.1. The third-order valence-electron chi connectivity index (χ3n) is 3.05. The van der Waals surface area contributed by atoms with Crippen molar-refractivity contribution in [1.82, 2.24) is 10.6 Å². The number of aliphatic carboxylic acids is 2. The maximum atomic E-state index is 12.0. The van der Waals surface area contributed by atoms with Gasteiger partial charge in [0, 0.05) is 12.8 Å². The molecule has 0 aliphatic rings. The van der Waals surface area contributed by atoms with Crippen molar-refractivity contribution in [2.45, 2.75) is 50.7 Å². The molecule has 0 bridgehead atoms. The van der Waals surface area contributed by atoms with Crippen molar-refractivity contribution in [3.8, 4) is 0 Å². The first-order chi connectivity index (χ1) is 11.0. The average Bonchev–Trinajstić information content (AvgIpc) is 2.47. The van der Waals surface area contributed by atoms with Gasteiger partial charge in [0.2, 0.25) is 17.7 Å². The summed E-state index contributed by atoms with van der Waals surface area (Å²) < 4.78 is 0. The van der Waals surface area contributed by atoms with Crippen LogP contribution >= 0.6 is 0 Å². The van der Waals surface area contributed by atoms with E-state index >= 15 is 0 Å². The van der Waals surface area contributed by atoms with Crippen LogP contribution in [0.2, 0.25) is 0 Å². The van der Waals surface area contributed by atoms with Crippen molar-refractivity contribution < 1.29 is 34.2 Å². The third kappa shape index (κ3) is 8.68. The number of carbonyl (C=O) groups is 5. The number of hydrogen-bond acceptors (Lipinski definition) is 6. The Bertz CT molecular complexity index is 509. The highest BCUT2D eigenvalue weighted by Crippen LogP contribution is 2.02. The van der Waals surface area contributed by atoms with Crippen LogP contribution < -0.4 is 22.1 Å². The number of carboxylic acid groups (broad SMARTS) is 2. The van der Waals surface area contributed by atoms with Gasteiger partial charge in [-0.3, -0.25) is 24.0 Å². The lowest BCUT2D eigenvalue weighted by molar-refractivity contribution is -0.142. The van der Waals surface area contributed by atoms with Gasteiger partial charge >= 0.3 is 11.9 Å². The van der Waals surface area contributed by atoms with Gasteiger partial charge in [-0.25, -0.2) is 0 Å². The summed E-state index contributed by atoms with van der Waals surface area (Å²) in [5.74, 6) is -4.74. The summed E-state index contributed by atoms with van der Waals surface area (Å²) >= 11 is 0. The highest BCUT2D eigenvalue weighted by Gasteiger charge is 2.26. The van der Waals surface area contributed by atoms with Gasteiger partial charge in [0.15, 0.2) is 0 Å². The Kier molecular flexibility index (Phi) is 9.02. The molecular formula is C13H22N4O7.